The van der Waals surface area contributed by atoms with Crippen LogP contribution in [0.2, 0.25) is 0 Å². The van der Waals surface area contributed by atoms with Crippen LogP contribution in [0.5, 0.6) is 0 Å². The van der Waals surface area contributed by atoms with Crippen LogP contribution < -0.4 is 15.1 Å². The van der Waals surface area contributed by atoms with Crippen molar-refractivity contribution in [1.29, 1.82) is 0 Å². The van der Waals surface area contributed by atoms with E-state index < -0.39 is 0 Å². The molecule has 0 spiro atoms. The number of nitrogens with one attached hydrogen (secondary N) is 1. The molecule has 0 aromatic carbocycles. The first kappa shape index (κ1) is 22.1. The van der Waals surface area contributed by atoms with E-state index in [1.165, 1.54) is 0 Å². The Balaban J connectivity index is 1.36. The number of morpholine rings is 1. The molecular weight excluding hydrogens is 444 g/mol. The minimum atomic E-state index is -0.0603. The van der Waals surface area contributed by atoms with Crippen molar-refractivity contribution in [3.05, 3.63) is 46.9 Å². The van der Waals surface area contributed by atoms with Gasteiger partial charge in [-0.1, -0.05) is 6.07 Å². The minimum absolute atomic E-state index is 0.0503. The predicted octanol–water partition coefficient (Wildman–Crippen LogP) is 2.13. The summed E-state index contributed by atoms with van der Waals surface area (Å²) in [6.45, 7) is 8.31. The van der Waals surface area contributed by atoms with E-state index in [2.05, 4.69) is 38.8 Å². The van der Waals surface area contributed by atoms with Gasteiger partial charge in [0.15, 0.2) is 5.82 Å². The maximum Gasteiger partial charge on any atom is 0.260 e. The number of pyridine rings is 2. The van der Waals surface area contributed by atoms with E-state index in [9.17, 15) is 4.79 Å². The summed E-state index contributed by atoms with van der Waals surface area (Å²) in [5.74, 6) is 3.13. The van der Waals surface area contributed by atoms with Gasteiger partial charge in [0.05, 0.1) is 31.0 Å². The Hall–Kier alpha value is -3.37. The van der Waals surface area contributed by atoms with Gasteiger partial charge in [-0.15, -0.1) is 10.2 Å². The zero-order chi connectivity index (χ0) is 24.2. The highest BCUT2D eigenvalue weighted by Crippen LogP contribution is 2.36. The summed E-state index contributed by atoms with van der Waals surface area (Å²) in [7, 11) is 1.90. The molecule has 0 radical (unpaired) electrons. The number of anilines is 2. The number of amides is 1. The first-order valence-electron chi connectivity index (χ1n) is 12.2. The van der Waals surface area contributed by atoms with Gasteiger partial charge in [-0.25, -0.2) is 9.97 Å². The number of hydrogen-bond donors (Lipinski definition) is 1. The Labute approximate surface area is 204 Å². The Morgan fingerprint density at radius 1 is 1.11 bits per heavy atom. The number of aryl methyl sites for hydroxylation is 1. The third-order valence-corrected chi connectivity index (χ3v) is 7.20. The zero-order valence-corrected chi connectivity index (χ0v) is 20.4. The molecule has 1 N–H and O–H groups in total. The van der Waals surface area contributed by atoms with Crippen LogP contribution in [0.25, 0.3) is 11.5 Å². The Morgan fingerprint density at radius 3 is 2.74 bits per heavy atom. The number of carbonyl (C=O) groups excluding carboxylic acids is 1. The van der Waals surface area contributed by atoms with Gasteiger partial charge in [0.2, 0.25) is 0 Å². The molecule has 6 rings (SSSR count). The van der Waals surface area contributed by atoms with E-state index in [1.807, 2.05) is 31.3 Å². The topological polar surface area (TPSA) is 101 Å². The Morgan fingerprint density at radius 2 is 1.94 bits per heavy atom. The second-order valence-corrected chi connectivity index (χ2v) is 9.94. The number of nitrogens with zero attached hydrogens (tertiary/aromatic N) is 7. The molecule has 0 aliphatic carbocycles. The van der Waals surface area contributed by atoms with Crippen molar-refractivity contribution in [1.82, 2.24) is 30.0 Å². The van der Waals surface area contributed by atoms with Gasteiger partial charge in [0.25, 0.3) is 5.91 Å². The molecule has 6 heterocycles. The van der Waals surface area contributed by atoms with E-state index >= 15 is 0 Å². The van der Waals surface area contributed by atoms with Crippen LogP contribution in [-0.2, 0) is 29.8 Å². The molecule has 1 fully saturated rings. The van der Waals surface area contributed by atoms with E-state index in [0.717, 1.165) is 60.3 Å². The van der Waals surface area contributed by atoms with Gasteiger partial charge < -0.3 is 19.5 Å². The predicted molar refractivity (Wildman–Crippen MR) is 131 cm³/mol. The standard InChI is InChI=1S/C25H30N8O2/c1-25(2)8-7-21-29-30-23(33(21)25)18-5-4-6-20(27-18)32-15-17-16(24(32)34)13-22(28-19(17)14-26-3)31-9-11-35-12-10-31/h4-6,13,26H,7-12,14-15H2,1-3H3. The molecule has 10 heteroatoms. The quantitative estimate of drug-likeness (QED) is 0.600. The molecule has 1 amide bonds. The molecule has 1 saturated heterocycles. The highest BCUT2D eigenvalue weighted by molar-refractivity contribution is 6.10. The van der Waals surface area contributed by atoms with Crippen LogP contribution in [-0.4, -0.2) is 64.0 Å². The molecule has 0 unspecified atom stereocenters. The minimum Gasteiger partial charge on any atom is -0.378 e. The summed E-state index contributed by atoms with van der Waals surface area (Å²) in [6.07, 6.45) is 1.93. The number of rotatable bonds is 5. The lowest BCUT2D eigenvalue weighted by Gasteiger charge is -2.28. The second kappa shape index (κ2) is 8.39. The van der Waals surface area contributed by atoms with E-state index in [1.54, 1.807) is 4.90 Å². The molecule has 3 aliphatic heterocycles. The molecule has 182 valence electrons. The van der Waals surface area contributed by atoms with Gasteiger partial charge in [0, 0.05) is 37.2 Å². The first-order valence-corrected chi connectivity index (χ1v) is 12.2. The van der Waals surface area contributed by atoms with Crippen molar-refractivity contribution in [3.63, 3.8) is 0 Å². The largest absolute Gasteiger partial charge is 0.378 e. The number of carbonyl (C=O) groups is 1. The fourth-order valence-corrected chi connectivity index (χ4v) is 5.31. The summed E-state index contributed by atoms with van der Waals surface area (Å²) in [6, 6.07) is 7.69. The maximum atomic E-state index is 13.6. The summed E-state index contributed by atoms with van der Waals surface area (Å²) in [5.41, 5.74) is 3.22. The molecule has 3 aromatic heterocycles. The number of ether oxygens (including phenoxy) is 1. The summed E-state index contributed by atoms with van der Waals surface area (Å²) >= 11 is 0. The van der Waals surface area contributed by atoms with Gasteiger partial charge in [-0.2, -0.15) is 0 Å². The van der Waals surface area contributed by atoms with Gasteiger partial charge in [-0.3, -0.25) is 9.69 Å². The van der Waals surface area contributed by atoms with Crippen LogP contribution in [0.15, 0.2) is 24.3 Å². The molecule has 35 heavy (non-hydrogen) atoms. The molecule has 3 aromatic rings. The number of hydrogen-bond acceptors (Lipinski definition) is 8. The van der Waals surface area contributed by atoms with Crippen LogP contribution in [0.4, 0.5) is 11.6 Å². The average molecular weight is 475 g/mol. The first-order chi connectivity index (χ1) is 17.0. The van der Waals surface area contributed by atoms with E-state index in [-0.39, 0.29) is 11.4 Å². The highest BCUT2D eigenvalue weighted by atomic mass is 16.5. The summed E-state index contributed by atoms with van der Waals surface area (Å²) in [4.78, 5) is 27.4. The van der Waals surface area contributed by atoms with Crippen molar-refractivity contribution in [2.75, 3.05) is 43.2 Å². The fourth-order valence-electron chi connectivity index (χ4n) is 5.31. The van der Waals surface area contributed by atoms with Crippen molar-refractivity contribution < 1.29 is 9.53 Å². The lowest BCUT2D eigenvalue weighted by atomic mass is 10.0. The molecule has 0 bridgehead atoms. The fraction of sp³-hybridized carbons (Fsp3) is 0.480. The number of fused-ring (bicyclic) bond motifs is 2. The highest BCUT2D eigenvalue weighted by Gasteiger charge is 2.36. The third kappa shape index (κ3) is 3.68. The molecule has 0 atom stereocenters. The summed E-state index contributed by atoms with van der Waals surface area (Å²) in [5, 5.41) is 12.0. The van der Waals surface area contributed by atoms with Crippen LogP contribution in [0.1, 0.15) is 47.7 Å². The number of aromatic nitrogens is 5. The maximum absolute atomic E-state index is 13.6. The molecular formula is C25H30N8O2. The lowest BCUT2D eigenvalue weighted by molar-refractivity contribution is 0.0996. The van der Waals surface area contributed by atoms with Gasteiger partial charge >= 0.3 is 0 Å². The Bertz CT molecular complexity index is 1290. The third-order valence-electron chi connectivity index (χ3n) is 7.20. The monoisotopic (exact) mass is 474 g/mol. The van der Waals surface area contributed by atoms with Crippen LogP contribution in [0, 0.1) is 0 Å². The van der Waals surface area contributed by atoms with E-state index in [0.29, 0.717) is 37.7 Å². The second-order valence-electron chi connectivity index (χ2n) is 9.94. The average Bonchev–Trinajstić information content (AvgIpc) is 3.54. The van der Waals surface area contributed by atoms with Crippen molar-refractivity contribution in [3.8, 4) is 11.5 Å². The molecule has 0 saturated carbocycles. The molecule has 10 nitrogen and oxygen atoms in total. The normalized spacial score (nSPS) is 18.8. The van der Waals surface area contributed by atoms with Crippen molar-refractivity contribution in [2.24, 2.45) is 0 Å². The summed E-state index contributed by atoms with van der Waals surface area (Å²) < 4.78 is 7.68. The smallest absolute Gasteiger partial charge is 0.260 e. The van der Waals surface area contributed by atoms with E-state index in [4.69, 9.17) is 14.7 Å². The SMILES string of the molecule is CNCc1nc(N2CCOCC2)cc2c1CN(c1cccc(-c3nnc4n3C(C)(C)CC4)n1)C2=O. The van der Waals surface area contributed by atoms with Gasteiger partial charge in [-0.05, 0) is 45.5 Å². The lowest BCUT2D eigenvalue weighted by Crippen LogP contribution is -2.37. The van der Waals surface area contributed by atoms with Crippen LogP contribution in [0.3, 0.4) is 0 Å². The van der Waals surface area contributed by atoms with Gasteiger partial charge in [0.1, 0.15) is 23.2 Å². The van der Waals surface area contributed by atoms with Crippen LogP contribution >= 0.6 is 0 Å². The zero-order valence-electron chi connectivity index (χ0n) is 20.4. The Kier molecular flexibility index (Phi) is 5.30. The van der Waals surface area contributed by atoms with Crippen molar-refractivity contribution in [2.45, 2.75) is 45.3 Å². The molecule has 3 aliphatic rings. The van der Waals surface area contributed by atoms with Crippen molar-refractivity contribution >= 4 is 17.5 Å².